The second-order valence-electron chi connectivity index (χ2n) is 4.24. The van der Waals surface area contributed by atoms with Crippen molar-refractivity contribution in [3.05, 3.63) is 0 Å². The van der Waals surface area contributed by atoms with Crippen LogP contribution in [0.2, 0.25) is 0 Å². The minimum atomic E-state index is -1.000. The van der Waals surface area contributed by atoms with E-state index in [-0.39, 0.29) is 5.91 Å². The largest absolute Gasteiger partial charge is 0.480 e. The van der Waals surface area contributed by atoms with Crippen molar-refractivity contribution >= 4 is 39.8 Å². The van der Waals surface area contributed by atoms with Crippen LogP contribution in [0.25, 0.3) is 0 Å². The lowest BCUT2D eigenvalue weighted by atomic mass is 10.3. The van der Waals surface area contributed by atoms with Gasteiger partial charge in [0.25, 0.3) is 0 Å². The Bertz CT molecular complexity index is 312. The fraction of sp³-hybridized carbons (Fsp3) is 0.750. The third kappa shape index (κ3) is 8.15. The van der Waals surface area contributed by atoms with Gasteiger partial charge >= 0.3 is 5.97 Å². The summed E-state index contributed by atoms with van der Waals surface area (Å²) in [5.74, 6) is -0.519. The molecule has 1 N–H and O–H groups in total. The number of carbonyl (C=O) groups is 3. The van der Waals surface area contributed by atoms with Gasteiger partial charge in [0.05, 0.1) is 0 Å². The number of hydrogen-bond donors (Lipinski definition) is 1. The maximum atomic E-state index is 11.7. The number of carboxylic acids is 1. The average molecular weight is 307 g/mol. The number of aldehydes is 1. The molecule has 0 aromatic rings. The van der Waals surface area contributed by atoms with Crippen LogP contribution >= 0.6 is 21.6 Å². The number of likely N-dealkylation sites (N-methyl/N-ethyl adjacent to an activating group) is 1. The van der Waals surface area contributed by atoms with Crippen molar-refractivity contribution in [1.29, 1.82) is 0 Å². The highest BCUT2D eigenvalue weighted by atomic mass is 33.1. The van der Waals surface area contributed by atoms with Crippen molar-refractivity contribution < 1.29 is 19.5 Å². The minimum absolute atomic E-state index is 0.163. The summed E-state index contributed by atoms with van der Waals surface area (Å²) in [6.45, 7) is 3.53. The molecular weight excluding hydrogens is 286 g/mol. The van der Waals surface area contributed by atoms with Crippen molar-refractivity contribution in [2.45, 2.75) is 44.4 Å². The van der Waals surface area contributed by atoms with Gasteiger partial charge in [-0.25, -0.2) is 4.79 Å². The Balaban J connectivity index is 3.79. The van der Waals surface area contributed by atoms with E-state index < -0.39 is 12.0 Å². The number of carboxylic acid groups (broad SMARTS) is 1. The number of nitrogens with zero attached hydrogens (tertiary/aromatic N) is 1. The summed E-state index contributed by atoms with van der Waals surface area (Å²) < 4.78 is 0. The van der Waals surface area contributed by atoms with Crippen LogP contribution in [0.4, 0.5) is 0 Å². The Kier molecular flexibility index (Phi) is 9.77. The van der Waals surface area contributed by atoms with Gasteiger partial charge in [-0.1, -0.05) is 28.5 Å². The van der Waals surface area contributed by atoms with Gasteiger partial charge in [0.15, 0.2) is 0 Å². The number of amides is 1. The first-order chi connectivity index (χ1) is 8.90. The summed E-state index contributed by atoms with van der Waals surface area (Å²) in [6.07, 6.45) is 2.64. The zero-order valence-electron chi connectivity index (χ0n) is 11.5. The molecule has 0 aromatic heterocycles. The third-order valence-electron chi connectivity index (χ3n) is 2.65. The molecule has 0 radical (unpaired) electrons. The molecule has 0 aliphatic heterocycles. The zero-order chi connectivity index (χ0) is 14.8. The fourth-order valence-electron chi connectivity index (χ4n) is 1.20. The average Bonchev–Trinajstić information content (AvgIpc) is 2.38. The Hall–Kier alpha value is -0.690. The molecule has 0 spiro atoms. The first-order valence-corrected chi connectivity index (χ1v) is 8.48. The molecule has 0 bridgehead atoms. The molecular formula is C12H21NO4S2. The van der Waals surface area contributed by atoms with Crippen LogP contribution < -0.4 is 0 Å². The smallest absolute Gasteiger partial charge is 0.326 e. The maximum Gasteiger partial charge on any atom is 0.326 e. The van der Waals surface area contributed by atoms with E-state index in [0.29, 0.717) is 23.8 Å². The summed E-state index contributed by atoms with van der Waals surface area (Å²) in [4.78, 5) is 33.9. The van der Waals surface area contributed by atoms with Gasteiger partial charge in [0, 0.05) is 30.9 Å². The lowest BCUT2D eigenvalue weighted by Gasteiger charge is -2.21. The van der Waals surface area contributed by atoms with Gasteiger partial charge in [0.1, 0.15) is 12.3 Å². The van der Waals surface area contributed by atoms with Gasteiger partial charge < -0.3 is 14.8 Å². The maximum absolute atomic E-state index is 11.7. The minimum Gasteiger partial charge on any atom is -0.480 e. The van der Waals surface area contributed by atoms with E-state index in [1.54, 1.807) is 21.6 Å². The summed E-state index contributed by atoms with van der Waals surface area (Å²) in [7, 11) is 4.74. The summed E-state index contributed by atoms with van der Waals surface area (Å²) in [6, 6.07) is -0.795. The molecule has 0 aromatic carbocycles. The van der Waals surface area contributed by atoms with Crippen LogP contribution in [-0.2, 0) is 14.4 Å². The predicted molar refractivity (Wildman–Crippen MR) is 79.3 cm³/mol. The molecule has 0 aliphatic rings. The Morgan fingerprint density at radius 1 is 1.37 bits per heavy atom. The highest BCUT2D eigenvalue weighted by molar-refractivity contribution is 8.76. The molecule has 5 nitrogen and oxygen atoms in total. The number of hydrogen-bond acceptors (Lipinski definition) is 5. The Morgan fingerprint density at radius 3 is 2.53 bits per heavy atom. The molecule has 0 heterocycles. The zero-order valence-corrected chi connectivity index (χ0v) is 13.1. The van der Waals surface area contributed by atoms with Crippen molar-refractivity contribution in [2.75, 3.05) is 12.8 Å². The van der Waals surface area contributed by atoms with Crippen LogP contribution in [0.5, 0.6) is 0 Å². The van der Waals surface area contributed by atoms with Gasteiger partial charge in [-0.2, -0.15) is 0 Å². The van der Waals surface area contributed by atoms with Crippen LogP contribution in [0.15, 0.2) is 0 Å². The van der Waals surface area contributed by atoms with E-state index in [0.717, 1.165) is 12.7 Å². The van der Waals surface area contributed by atoms with Gasteiger partial charge in [-0.15, -0.1) is 0 Å². The first-order valence-electron chi connectivity index (χ1n) is 6.10. The van der Waals surface area contributed by atoms with E-state index in [1.165, 1.54) is 18.9 Å². The highest BCUT2D eigenvalue weighted by Gasteiger charge is 2.21. The molecule has 0 aliphatic carbocycles. The highest BCUT2D eigenvalue weighted by Crippen LogP contribution is 2.29. The standard InChI is InChI=1S/C12H21NO4S2/c1-9(5-4-7-14)19-18-8-6-11(15)13(3)10(2)12(16)17/h7,9-10H,4-6,8H2,1-3H3,(H,16,17). The van der Waals surface area contributed by atoms with E-state index in [2.05, 4.69) is 0 Å². The van der Waals surface area contributed by atoms with Gasteiger partial charge in [0.2, 0.25) is 5.91 Å². The molecule has 0 fully saturated rings. The molecule has 2 atom stereocenters. The second kappa shape index (κ2) is 10.1. The van der Waals surface area contributed by atoms with Crippen molar-refractivity contribution in [3.63, 3.8) is 0 Å². The number of carbonyl (C=O) groups excluding carboxylic acids is 2. The van der Waals surface area contributed by atoms with E-state index in [4.69, 9.17) is 5.11 Å². The third-order valence-corrected chi connectivity index (χ3v) is 5.62. The first kappa shape index (κ1) is 18.3. The van der Waals surface area contributed by atoms with Gasteiger partial charge in [-0.05, 0) is 13.3 Å². The predicted octanol–water partition coefficient (Wildman–Crippen LogP) is 2.06. The lowest BCUT2D eigenvalue weighted by Crippen LogP contribution is -2.40. The Labute approximate surface area is 121 Å². The monoisotopic (exact) mass is 307 g/mol. The fourth-order valence-corrected chi connectivity index (χ4v) is 3.55. The molecule has 1 amide bonds. The van der Waals surface area contributed by atoms with Gasteiger partial charge in [-0.3, -0.25) is 4.79 Å². The van der Waals surface area contributed by atoms with E-state index in [9.17, 15) is 14.4 Å². The van der Waals surface area contributed by atoms with E-state index in [1.807, 2.05) is 6.92 Å². The normalized spacial score (nSPS) is 13.6. The van der Waals surface area contributed by atoms with Crippen molar-refractivity contribution in [3.8, 4) is 0 Å². The van der Waals surface area contributed by atoms with Crippen LogP contribution in [0, 0.1) is 0 Å². The molecule has 2 unspecified atom stereocenters. The molecule has 0 saturated heterocycles. The SMILES string of the molecule is CC(CCC=O)SSCCC(=O)N(C)C(C)C(=O)O. The molecule has 7 heteroatoms. The number of rotatable bonds is 10. The second-order valence-corrected chi connectivity index (χ2v) is 7.17. The molecule has 0 rings (SSSR count). The quantitative estimate of drug-likeness (QED) is 0.378. The summed E-state index contributed by atoms with van der Waals surface area (Å²) in [5.41, 5.74) is 0. The summed E-state index contributed by atoms with van der Waals surface area (Å²) in [5, 5.41) is 9.17. The molecule has 19 heavy (non-hydrogen) atoms. The van der Waals surface area contributed by atoms with Crippen LogP contribution in [0.3, 0.4) is 0 Å². The molecule has 0 saturated carbocycles. The van der Waals surface area contributed by atoms with Crippen LogP contribution in [0.1, 0.15) is 33.1 Å². The van der Waals surface area contributed by atoms with Crippen molar-refractivity contribution in [1.82, 2.24) is 4.90 Å². The topological polar surface area (TPSA) is 74.7 Å². The van der Waals surface area contributed by atoms with E-state index >= 15 is 0 Å². The summed E-state index contributed by atoms with van der Waals surface area (Å²) >= 11 is 0. The lowest BCUT2D eigenvalue weighted by molar-refractivity contribution is -0.148. The Morgan fingerprint density at radius 2 is 2.00 bits per heavy atom. The molecule has 110 valence electrons. The number of aliphatic carboxylic acids is 1. The van der Waals surface area contributed by atoms with Crippen LogP contribution in [-0.4, -0.2) is 52.3 Å². The van der Waals surface area contributed by atoms with Crippen molar-refractivity contribution in [2.24, 2.45) is 0 Å².